The largest absolute Gasteiger partial charge is 0.465 e. The van der Waals surface area contributed by atoms with Crippen LogP contribution in [0.3, 0.4) is 0 Å². The zero-order valence-corrected chi connectivity index (χ0v) is 49.6. The number of unbranched alkanes of at least 4 members (excludes halogenated alkanes) is 44. The second-order valence-corrected chi connectivity index (χ2v) is 22.4. The van der Waals surface area contributed by atoms with E-state index in [1.165, 1.54) is 270 Å². The molecule has 0 aromatic heterocycles. The number of esters is 1. The SMILES string of the molecule is CCCCCCCC/C=C\CCCCCCCCCCCC(=O)OCC/C=C\C/C=C\CCCCCCCCCCCCCCCCC(=O)NC(CO)C(O)/C=C/CCCCCCCCCCCCCCCCC. The molecule has 0 radical (unpaired) electrons. The lowest BCUT2D eigenvalue weighted by atomic mass is 10.0. The van der Waals surface area contributed by atoms with Crippen LogP contribution in [0.4, 0.5) is 0 Å². The molecule has 0 aliphatic rings. The lowest BCUT2D eigenvalue weighted by molar-refractivity contribution is -0.143. The van der Waals surface area contributed by atoms with Gasteiger partial charge in [-0.2, -0.15) is 0 Å². The van der Waals surface area contributed by atoms with E-state index >= 15 is 0 Å². The monoisotopic (exact) mass is 1040 g/mol. The third-order valence-electron chi connectivity index (χ3n) is 15.1. The van der Waals surface area contributed by atoms with Gasteiger partial charge in [-0.15, -0.1) is 0 Å². The standard InChI is InChI=1S/C68H127NO5/c1-3-5-7-9-11-13-15-17-19-21-25-30-34-38-42-46-50-54-58-62-68(73)74-63-59-55-51-47-43-39-35-31-27-24-22-23-26-29-33-37-41-45-49-53-57-61-67(72)69-65(64-70)66(71)60-56-52-48-44-40-36-32-28-20-18-16-14-12-10-8-6-4-2/h17,19,39,43,51,55-56,60,65-66,70-71H,3-16,18,20-38,40-42,44-50,52-54,57-59,61-64H2,1-2H3,(H,69,72)/b19-17-,43-39-,55-51-,60-56+. The number of aliphatic hydroxyl groups is 2. The van der Waals surface area contributed by atoms with Gasteiger partial charge >= 0.3 is 5.97 Å². The highest BCUT2D eigenvalue weighted by molar-refractivity contribution is 5.76. The Bertz CT molecular complexity index is 1240. The average Bonchev–Trinajstić information content (AvgIpc) is 3.40. The van der Waals surface area contributed by atoms with Crippen molar-refractivity contribution in [1.82, 2.24) is 5.32 Å². The van der Waals surface area contributed by atoms with Gasteiger partial charge < -0.3 is 20.3 Å². The maximum atomic E-state index is 12.5. The molecule has 0 saturated carbocycles. The summed E-state index contributed by atoms with van der Waals surface area (Å²) in [6, 6.07) is -0.633. The van der Waals surface area contributed by atoms with Gasteiger partial charge in [0.25, 0.3) is 0 Å². The topological polar surface area (TPSA) is 95.9 Å². The van der Waals surface area contributed by atoms with Crippen molar-refractivity contribution in [2.45, 2.75) is 360 Å². The smallest absolute Gasteiger partial charge is 0.305 e. The first kappa shape index (κ1) is 71.8. The molecular weight excluding hydrogens is 911 g/mol. The molecule has 6 nitrogen and oxygen atoms in total. The quantitative estimate of drug-likeness (QED) is 0.0320. The molecule has 0 bridgehead atoms. The van der Waals surface area contributed by atoms with Crippen LogP contribution in [0.15, 0.2) is 48.6 Å². The molecule has 3 N–H and O–H groups in total. The highest BCUT2D eigenvalue weighted by Gasteiger charge is 2.18. The first-order valence-electron chi connectivity index (χ1n) is 32.9. The van der Waals surface area contributed by atoms with Gasteiger partial charge in [0.1, 0.15) is 0 Å². The minimum atomic E-state index is -0.849. The van der Waals surface area contributed by atoms with E-state index in [-0.39, 0.29) is 18.5 Å². The molecule has 0 aromatic rings. The maximum absolute atomic E-state index is 12.5. The first-order valence-corrected chi connectivity index (χ1v) is 32.9. The van der Waals surface area contributed by atoms with Crippen LogP contribution in [0.5, 0.6) is 0 Å². The number of ether oxygens (including phenoxy) is 1. The van der Waals surface area contributed by atoms with Crippen molar-refractivity contribution >= 4 is 11.9 Å². The van der Waals surface area contributed by atoms with Gasteiger partial charge in [0.15, 0.2) is 0 Å². The predicted molar refractivity (Wildman–Crippen MR) is 324 cm³/mol. The summed E-state index contributed by atoms with van der Waals surface area (Å²) in [5.74, 6) is -0.107. The Morgan fingerprint density at radius 3 is 1.04 bits per heavy atom. The van der Waals surface area contributed by atoms with E-state index in [1.54, 1.807) is 6.08 Å². The summed E-state index contributed by atoms with van der Waals surface area (Å²) in [4.78, 5) is 24.6. The van der Waals surface area contributed by atoms with Crippen LogP contribution >= 0.6 is 0 Å². The van der Waals surface area contributed by atoms with Crippen molar-refractivity contribution in [3.63, 3.8) is 0 Å². The van der Waals surface area contributed by atoms with E-state index in [2.05, 4.69) is 55.6 Å². The molecule has 0 fully saturated rings. The number of hydrogen-bond acceptors (Lipinski definition) is 5. The average molecular weight is 1040 g/mol. The zero-order valence-electron chi connectivity index (χ0n) is 49.6. The Kier molecular flexibility index (Phi) is 61.5. The van der Waals surface area contributed by atoms with Crippen LogP contribution in [0.25, 0.3) is 0 Å². The number of carbonyl (C=O) groups excluding carboxylic acids is 2. The van der Waals surface area contributed by atoms with E-state index in [1.807, 2.05) is 6.08 Å². The molecule has 0 aliphatic heterocycles. The molecule has 2 atom stereocenters. The molecule has 0 spiro atoms. The van der Waals surface area contributed by atoms with E-state index in [0.717, 1.165) is 51.4 Å². The molecule has 6 heteroatoms. The Hall–Kier alpha value is -2.18. The van der Waals surface area contributed by atoms with Crippen molar-refractivity contribution in [2.24, 2.45) is 0 Å². The summed E-state index contributed by atoms with van der Waals surface area (Å²) < 4.78 is 5.44. The molecule has 1 amide bonds. The van der Waals surface area contributed by atoms with E-state index in [9.17, 15) is 19.8 Å². The second-order valence-electron chi connectivity index (χ2n) is 22.4. The van der Waals surface area contributed by atoms with E-state index in [0.29, 0.717) is 19.4 Å². The van der Waals surface area contributed by atoms with Gasteiger partial charge in [0.2, 0.25) is 5.91 Å². The molecule has 2 unspecified atom stereocenters. The molecule has 0 aromatic carbocycles. The third kappa shape index (κ3) is 59.1. The molecule has 0 saturated heterocycles. The summed E-state index contributed by atoms with van der Waals surface area (Å²) in [7, 11) is 0. The summed E-state index contributed by atoms with van der Waals surface area (Å²) in [5.41, 5.74) is 0. The van der Waals surface area contributed by atoms with Crippen molar-refractivity contribution in [1.29, 1.82) is 0 Å². The number of allylic oxidation sites excluding steroid dienone is 6. The van der Waals surface area contributed by atoms with Gasteiger partial charge in [-0.1, -0.05) is 306 Å². The second kappa shape index (κ2) is 63.4. The number of rotatable bonds is 61. The summed E-state index contributed by atoms with van der Waals surface area (Å²) in [6.07, 6.45) is 81.8. The van der Waals surface area contributed by atoms with Crippen molar-refractivity contribution in [3.8, 4) is 0 Å². The highest BCUT2D eigenvalue weighted by Crippen LogP contribution is 2.17. The maximum Gasteiger partial charge on any atom is 0.305 e. The normalized spacial score (nSPS) is 12.9. The van der Waals surface area contributed by atoms with E-state index in [4.69, 9.17) is 4.74 Å². The Morgan fingerprint density at radius 1 is 0.378 bits per heavy atom. The number of amides is 1. The molecule has 74 heavy (non-hydrogen) atoms. The van der Waals surface area contributed by atoms with Crippen LogP contribution in [0.2, 0.25) is 0 Å². The van der Waals surface area contributed by atoms with Gasteiger partial charge in [0.05, 0.1) is 25.4 Å². The number of carbonyl (C=O) groups is 2. The van der Waals surface area contributed by atoms with Gasteiger partial charge in [-0.25, -0.2) is 0 Å². The van der Waals surface area contributed by atoms with Crippen LogP contribution < -0.4 is 5.32 Å². The minimum absolute atomic E-state index is 0.0362. The van der Waals surface area contributed by atoms with Gasteiger partial charge in [-0.3, -0.25) is 9.59 Å². The van der Waals surface area contributed by atoms with Crippen molar-refractivity contribution < 1.29 is 24.5 Å². The fraction of sp³-hybridized carbons (Fsp3) is 0.853. The Labute approximate surface area is 461 Å². The Balaban J connectivity index is 3.47. The van der Waals surface area contributed by atoms with E-state index < -0.39 is 12.1 Å². The highest BCUT2D eigenvalue weighted by atomic mass is 16.5. The predicted octanol–water partition coefficient (Wildman–Crippen LogP) is 20.9. The minimum Gasteiger partial charge on any atom is -0.465 e. The summed E-state index contributed by atoms with van der Waals surface area (Å²) in [5, 5.41) is 23.2. The number of aliphatic hydroxyl groups excluding tert-OH is 2. The fourth-order valence-electron chi connectivity index (χ4n) is 10.1. The molecule has 0 rings (SSSR count). The van der Waals surface area contributed by atoms with Gasteiger partial charge in [0, 0.05) is 12.8 Å². The third-order valence-corrected chi connectivity index (χ3v) is 15.1. The fourth-order valence-corrected chi connectivity index (χ4v) is 10.1. The number of hydrogen-bond donors (Lipinski definition) is 3. The summed E-state index contributed by atoms with van der Waals surface area (Å²) in [6.45, 7) is 4.81. The van der Waals surface area contributed by atoms with Crippen LogP contribution in [0, 0.1) is 0 Å². The molecule has 0 heterocycles. The molecular formula is C68H127NO5. The van der Waals surface area contributed by atoms with Crippen molar-refractivity contribution in [2.75, 3.05) is 13.2 Å². The summed E-state index contributed by atoms with van der Waals surface area (Å²) >= 11 is 0. The van der Waals surface area contributed by atoms with Crippen LogP contribution in [0.1, 0.15) is 348 Å². The Morgan fingerprint density at radius 2 is 0.676 bits per heavy atom. The molecule has 434 valence electrons. The lowest BCUT2D eigenvalue weighted by Crippen LogP contribution is -2.45. The van der Waals surface area contributed by atoms with Crippen LogP contribution in [-0.4, -0.2) is 47.4 Å². The van der Waals surface area contributed by atoms with Gasteiger partial charge in [-0.05, 0) is 77.0 Å². The van der Waals surface area contributed by atoms with Crippen molar-refractivity contribution in [3.05, 3.63) is 48.6 Å². The molecule has 0 aliphatic carbocycles. The van der Waals surface area contributed by atoms with Crippen LogP contribution in [-0.2, 0) is 14.3 Å². The zero-order chi connectivity index (χ0) is 53.6. The first-order chi connectivity index (χ1) is 36.5. The lowest BCUT2D eigenvalue weighted by Gasteiger charge is -2.20. The number of nitrogens with one attached hydrogen (secondary N) is 1.